The number of benzene rings is 2. The van der Waals surface area contributed by atoms with Crippen LogP contribution >= 0.6 is 22.6 Å². The number of rotatable bonds is 3. The van der Waals surface area contributed by atoms with Crippen molar-refractivity contribution in [3.8, 4) is 0 Å². The lowest BCUT2D eigenvalue weighted by molar-refractivity contribution is -0.384. The van der Waals surface area contributed by atoms with Crippen molar-refractivity contribution < 1.29 is 14.1 Å². The summed E-state index contributed by atoms with van der Waals surface area (Å²) in [6, 6.07) is 10.8. The number of nitro groups is 1. The van der Waals surface area contributed by atoms with Crippen LogP contribution in [0.3, 0.4) is 0 Å². The Morgan fingerprint density at radius 1 is 1.12 bits per heavy atom. The van der Waals surface area contributed by atoms with Crippen molar-refractivity contribution in [3.63, 3.8) is 0 Å². The minimum atomic E-state index is -0.443. The van der Waals surface area contributed by atoms with Gasteiger partial charge in [0.25, 0.3) is 11.6 Å². The number of anilines is 1. The molecule has 0 saturated carbocycles. The Morgan fingerprint density at radius 3 is 2.65 bits per heavy atom. The summed E-state index contributed by atoms with van der Waals surface area (Å²) in [5, 5.41) is 11.4. The van der Waals surface area contributed by atoms with E-state index >= 15 is 0 Å². The number of carbonyl (C=O) groups is 1. The maximum atomic E-state index is 13.4. The normalized spacial score (nSPS) is 14.8. The van der Waals surface area contributed by atoms with E-state index in [1.807, 2.05) is 33.6 Å². The predicted octanol–water partition coefficient (Wildman–Crippen LogP) is 3.69. The van der Waals surface area contributed by atoms with Gasteiger partial charge in [0.2, 0.25) is 0 Å². The molecule has 0 radical (unpaired) electrons. The molecule has 2 aromatic carbocycles. The molecule has 0 aliphatic carbocycles. The molecule has 3 rings (SSSR count). The van der Waals surface area contributed by atoms with Gasteiger partial charge in [0.05, 0.1) is 4.92 Å². The Labute approximate surface area is 163 Å². The van der Waals surface area contributed by atoms with Crippen LogP contribution in [0.25, 0.3) is 0 Å². The highest BCUT2D eigenvalue weighted by Gasteiger charge is 2.25. The number of amides is 1. The van der Waals surface area contributed by atoms with Gasteiger partial charge in [-0.25, -0.2) is 4.39 Å². The molecule has 0 aromatic heterocycles. The van der Waals surface area contributed by atoms with Crippen LogP contribution in [0.2, 0.25) is 0 Å². The molecule has 2 aromatic rings. The lowest BCUT2D eigenvalue weighted by Gasteiger charge is -2.23. The third-order valence-corrected chi connectivity index (χ3v) is 5.00. The molecule has 1 aliphatic rings. The van der Waals surface area contributed by atoms with Gasteiger partial charge in [-0.1, -0.05) is 6.07 Å². The Morgan fingerprint density at radius 2 is 1.92 bits per heavy atom. The fraction of sp³-hybridized carbons (Fsp3) is 0.278. The van der Waals surface area contributed by atoms with E-state index in [0.29, 0.717) is 43.9 Å². The van der Waals surface area contributed by atoms with Crippen molar-refractivity contribution >= 4 is 39.9 Å². The molecular formula is C18H17FIN3O3. The van der Waals surface area contributed by atoms with Crippen molar-refractivity contribution in [1.82, 2.24) is 4.90 Å². The predicted molar refractivity (Wildman–Crippen MR) is 105 cm³/mol. The second kappa shape index (κ2) is 7.98. The molecule has 26 heavy (non-hydrogen) atoms. The maximum absolute atomic E-state index is 13.4. The molecule has 1 aliphatic heterocycles. The smallest absolute Gasteiger partial charge is 0.293 e. The average Bonchev–Trinajstić information content (AvgIpc) is 2.87. The lowest BCUT2D eigenvalue weighted by Crippen LogP contribution is -2.35. The van der Waals surface area contributed by atoms with Crippen molar-refractivity contribution in [2.75, 3.05) is 31.1 Å². The monoisotopic (exact) mass is 469 g/mol. The zero-order valence-corrected chi connectivity index (χ0v) is 16.1. The van der Waals surface area contributed by atoms with Gasteiger partial charge in [-0.05, 0) is 59.3 Å². The minimum absolute atomic E-state index is 0.0711. The Bertz CT molecular complexity index is 846. The van der Waals surface area contributed by atoms with E-state index in [4.69, 9.17) is 0 Å². The van der Waals surface area contributed by atoms with Crippen LogP contribution in [-0.2, 0) is 0 Å². The van der Waals surface area contributed by atoms with Gasteiger partial charge in [-0.2, -0.15) is 0 Å². The van der Waals surface area contributed by atoms with Gasteiger partial charge in [-0.3, -0.25) is 14.9 Å². The molecule has 8 heteroatoms. The number of halogens is 2. The van der Waals surface area contributed by atoms with E-state index < -0.39 is 5.82 Å². The largest absolute Gasteiger partial charge is 0.364 e. The summed E-state index contributed by atoms with van der Waals surface area (Å²) in [6.07, 6.45) is 0.685. The highest BCUT2D eigenvalue weighted by Crippen LogP contribution is 2.30. The van der Waals surface area contributed by atoms with Crippen molar-refractivity contribution in [1.29, 1.82) is 0 Å². The quantitative estimate of drug-likeness (QED) is 0.391. The van der Waals surface area contributed by atoms with Crippen LogP contribution in [0, 0.1) is 19.5 Å². The highest BCUT2D eigenvalue weighted by atomic mass is 127. The van der Waals surface area contributed by atoms with E-state index in [0.717, 1.165) is 3.57 Å². The van der Waals surface area contributed by atoms with Gasteiger partial charge >= 0.3 is 0 Å². The Balaban J connectivity index is 1.77. The number of hydrogen-bond acceptors (Lipinski definition) is 4. The summed E-state index contributed by atoms with van der Waals surface area (Å²) in [5.74, 6) is -0.662. The standard InChI is InChI=1S/C18H17FIN3O3/c19-14-4-1-3-13(11-14)18(24)22-8-2-7-21(9-10-22)16-6-5-15(20)12-17(16)23(25)26/h1,3-6,11-12H,2,7-10H2. The molecule has 6 nitrogen and oxygen atoms in total. The molecule has 1 amide bonds. The van der Waals surface area contributed by atoms with Crippen LogP contribution in [0.5, 0.6) is 0 Å². The van der Waals surface area contributed by atoms with Crippen LogP contribution in [0.4, 0.5) is 15.8 Å². The fourth-order valence-electron chi connectivity index (χ4n) is 3.08. The number of carbonyl (C=O) groups excluding carboxylic acids is 1. The van der Waals surface area contributed by atoms with Gasteiger partial charge in [0.15, 0.2) is 0 Å². The zero-order valence-electron chi connectivity index (χ0n) is 13.9. The first-order valence-corrected chi connectivity index (χ1v) is 9.27. The van der Waals surface area contributed by atoms with Gasteiger partial charge in [-0.15, -0.1) is 0 Å². The topological polar surface area (TPSA) is 66.7 Å². The zero-order chi connectivity index (χ0) is 18.7. The van der Waals surface area contributed by atoms with Crippen molar-refractivity contribution in [2.24, 2.45) is 0 Å². The average molecular weight is 469 g/mol. The third-order valence-electron chi connectivity index (χ3n) is 4.33. The molecule has 0 unspecified atom stereocenters. The van der Waals surface area contributed by atoms with Crippen LogP contribution < -0.4 is 4.90 Å². The number of hydrogen-bond donors (Lipinski definition) is 0. The summed E-state index contributed by atoms with van der Waals surface area (Å²) in [5.41, 5.74) is 0.955. The van der Waals surface area contributed by atoms with Crippen LogP contribution in [0.15, 0.2) is 42.5 Å². The minimum Gasteiger partial charge on any atom is -0.364 e. The molecule has 0 N–H and O–H groups in total. The van der Waals surface area contributed by atoms with E-state index in [2.05, 4.69) is 0 Å². The highest BCUT2D eigenvalue weighted by molar-refractivity contribution is 14.1. The first-order valence-electron chi connectivity index (χ1n) is 8.19. The number of nitrogens with zero attached hydrogens (tertiary/aromatic N) is 3. The summed E-state index contributed by atoms with van der Waals surface area (Å²) in [7, 11) is 0. The first kappa shape index (κ1) is 18.6. The van der Waals surface area contributed by atoms with Crippen LogP contribution in [0.1, 0.15) is 16.8 Å². The first-order chi connectivity index (χ1) is 12.5. The molecule has 0 atom stereocenters. The summed E-state index contributed by atoms with van der Waals surface area (Å²) in [6.45, 7) is 2.07. The van der Waals surface area contributed by atoms with Gasteiger partial charge in [0.1, 0.15) is 11.5 Å². The molecule has 0 bridgehead atoms. The maximum Gasteiger partial charge on any atom is 0.293 e. The second-order valence-electron chi connectivity index (χ2n) is 6.03. The molecule has 0 spiro atoms. The third kappa shape index (κ3) is 4.12. The number of nitro benzene ring substituents is 1. The summed E-state index contributed by atoms with van der Waals surface area (Å²) in [4.78, 5) is 27.2. The Hall–Kier alpha value is -2.23. The summed E-state index contributed by atoms with van der Waals surface area (Å²) < 4.78 is 14.2. The second-order valence-corrected chi connectivity index (χ2v) is 7.28. The van der Waals surface area contributed by atoms with Gasteiger partial charge < -0.3 is 9.80 Å². The summed E-state index contributed by atoms with van der Waals surface area (Å²) >= 11 is 2.05. The fourth-order valence-corrected chi connectivity index (χ4v) is 3.55. The van der Waals surface area contributed by atoms with E-state index in [1.165, 1.54) is 18.2 Å². The van der Waals surface area contributed by atoms with E-state index in [1.54, 1.807) is 23.1 Å². The van der Waals surface area contributed by atoms with E-state index in [9.17, 15) is 19.3 Å². The molecule has 1 heterocycles. The van der Waals surface area contributed by atoms with Crippen molar-refractivity contribution in [3.05, 3.63) is 67.5 Å². The molecular weight excluding hydrogens is 452 g/mol. The molecule has 1 fully saturated rings. The van der Waals surface area contributed by atoms with E-state index in [-0.39, 0.29) is 16.5 Å². The SMILES string of the molecule is O=C(c1cccc(F)c1)N1CCCN(c2ccc(I)cc2[N+](=O)[O-])CC1. The molecule has 1 saturated heterocycles. The van der Waals surface area contributed by atoms with Crippen LogP contribution in [-0.4, -0.2) is 41.9 Å². The van der Waals surface area contributed by atoms with Crippen molar-refractivity contribution in [2.45, 2.75) is 6.42 Å². The molecule has 136 valence electrons. The Kier molecular flexibility index (Phi) is 5.70. The lowest BCUT2D eigenvalue weighted by atomic mass is 10.2. The van der Waals surface area contributed by atoms with Gasteiger partial charge in [0, 0.05) is 41.4 Å².